The number of alkyl halides is 3. The van der Waals surface area contributed by atoms with Crippen molar-refractivity contribution in [3.8, 4) is 0 Å². The van der Waals surface area contributed by atoms with Crippen LogP contribution in [0.25, 0.3) is 10.9 Å². The van der Waals surface area contributed by atoms with Crippen LogP contribution in [0.4, 0.5) is 13.2 Å². The smallest absolute Gasteiger partial charge is 0.327 e. The molecule has 37 heavy (non-hydrogen) atoms. The average Bonchev–Trinajstić information content (AvgIpc) is 2.81. The second kappa shape index (κ2) is 10.5. The summed E-state index contributed by atoms with van der Waals surface area (Å²) in [6.45, 7) is 2.63. The lowest BCUT2D eigenvalue weighted by Gasteiger charge is -2.31. The van der Waals surface area contributed by atoms with Crippen LogP contribution in [0.3, 0.4) is 0 Å². The van der Waals surface area contributed by atoms with Gasteiger partial charge in [-0.3, -0.25) is 14.3 Å². The lowest BCUT2D eigenvalue weighted by atomic mass is 10.1. The van der Waals surface area contributed by atoms with Crippen LogP contribution in [-0.4, -0.2) is 47.8 Å². The monoisotopic (exact) mass is 576 g/mol. The maximum Gasteiger partial charge on any atom is 0.416 e. The fourth-order valence-electron chi connectivity index (χ4n) is 4.51. The summed E-state index contributed by atoms with van der Waals surface area (Å²) in [4.78, 5) is 20.2. The van der Waals surface area contributed by atoms with Crippen LogP contribution < -0.4 is 11.3 Å². The molecule has 7 nitrogen and oxygen atoms in total. The Bertz CT molecular complexity index is 1510. The van der Waals surface area contributed by atoms with Crippen molar-refractivity contribution >= 4 is 43.9 Å². The van der Waals surface area contributed by atoms with Crippen molar-refractivity contribution in [1.29, 1.82) is 0 Å². The number of likely N-dealkylation sites (tertiary alicyclic amines) is 1. The lowest BCUT2D eigenvalue weighted by Crippen LogP contribution is -2.43. The molecule has 3 aromatic rings. The van der Waals surface area contributed by atoms with Crippen LogP contribution in [0.15, 0.2) is 40.0 Å². The summed E-state index contributed by atoms with van der Waals surface area (Å²) in [5.74, 6) is 0.0448. The number of hydrogen-bond donors (Lipinski definition) is 1. The zero-order valence-electron chi connectivity index (χ0n) is 19.9. The summed E-state index contributed by atoms with van der Waals surface area (Å²) in [5.41, 5.74) is 4.42. The summed E-state index contributed by atoms with van der Waals surface area (Å²) >= 11 is 12.3. The third-order valence-corrected chi connectivity index (χ3v) is 8.74. The fraction of sp³-hybridized carbons (Fsp3) is 0.417. The van der Waals surface area contributed by atoms with E-state index in [1.165, 1.54) is 29.7 Å². The molecule has 1 saturated heterocycles. The number of aromatic nitrogens is 2. The van der Waals surface area contributed by atoms with Crippen LogP contribution in [0.2, 0.25) is 10.0 Å². The predicted molar refractivity (Wildman–Crippen MR) is 137 cm³/mol. The van der Waals surface area contributed by atoms with Crippen LogP contribution in [0.5, 0.6) is 0 Å². The van der Waals surface area contributed by atoms with Gasteiger partial charge in [-0.15, -0.1) is 0 Å². The SMILES string of the molecule is CCS(=O)(=O)c1ccc(Cl)cc1Cn1c(CN2CCC[C@H](N)C2)nc2c(Cl)cc(C(F)(F)F)cc2c1=O. The van der Waals surface area contributed by atoms with E-state index in [-0.39, 0.29) is 62.1 Å². The van der Waals surface area contributed by atoms with Gasteiger partial charge in [0, 0.05) is 17.6 Å². The summed E-state index contributed by atoms with van der Waals surface area (Å²) in [6.07, 6.45) is -3.05. The van der Waals surface area contributed by atoms with E-state index in [1.807, 2.05) is 4.90 Å². The second-order valence-electron chi connectivity index (χ2n) is 9.06. The van der Waals surface area contributed by atoms with Crippen molar-refractivity contribution < 1.29 is 21.6 Å². The van der Waals surface area contributed by atoms with E-state index in [4.69, 9.17) is 28.9 Å². The standard InChI is InChI=1S/C24H25Cl2F3N4O3S/c1-2-37(35,36)20-6-5-16(25)8-14(20)11-33-21(13-32-7-3-4-17(30)12-32)31-22-18(23(33)34)9-15(10-19(22)26)24(27,28)29/h5-6,8-10,17H,2-4,7,11-13,30H2,1H3/t17-/m0/s1. The number of nitrogens with zero attached hydrogens (tertiary/aromatic N) is 3. The Balaban J connectivity index is 1.94. The molecule has 1 aliphatic heterocycles. The Morgan fingerprint density at radius 2 is 1.89 bits per heavy atom. The van der Waals surface area contributed by atoms with Crippen LogP contribution in [0, 0.1) is 0 Å². The molecule has 2 aromatic carbocycles. The third-order valence-electron chi connectivity index (χ3n) is 6.39. The van der Waals surface area contributed by atoms with E-state index in [0.717, 1.165) is 25.0 Å². The van der Waals surface area contributed by atoms with Gasteiger partial charge in [-0.2, -0.15) is 13.2 Å². The number of sulfone groups is 1. The quantitative estimate of drug-likeness (QED) is 0.464. The number of piperidine rings is 1. The van der Waals surface area contributed by atoms with Gasteiger partial charge >= 0.3 is 6.18 Å². The van der Waals surface area contributed by atoms with Crippen molar-refractivity contribution in [3.63, 3.8) is 0 Å². The van der Waals surface area contributed by atoms with Gasteiger partial charge in [0.05, 0.1) is 45.2 Å². The molecule has 2 heterocycles. The van der Waals surface area contributed by atoms with Crippen molar-refractivity contribution in [2.75, 3.05) is 18.8 Å². The van der Waals surface area contributed by atoms with Gasteiger partial charge in [0.25, 0.3) is 5.56 Å². The molecule has 4 rings (SSSR count). The normalized spacial score (nSPS) is 17.4. The molecular formula is C24H25Cl2F3N4O3S. The largest absolute Gasteiger partial charge is 0.416 e. The number of fused-ring (bicyclic) bond motifs is 1. The minimum Gasteiger partial charge on any atom is -0.327 e. The van der Waals surface area contributed by atoms with Crippen molar-refractivity contribution in [1.82, 2.24) is 14.5 Å². The Labute approximate surface area is 221 Å². The molecule has 0 unspecified atom stereocenters. The molecule has 1 atom stereocenters. The summed E-state index contributed by atoms with van der Waals surface area (Å²) in [6, 6.07) is 5.61. The maximum atomic E-state index is 13.7. The number of rotatable bonds is 6. The molecule has 0 radical (unpaired) electrons. The highest BCUT2D eigenvalue weighted by Crippen LogP contribution is 2.34. The van der Waals surface area contributed by atoms with E-state index in [1.54, 1.807) is 0 Å². The van der Waals surface area contributed by atoms with E-state index >= 15 is 0 Å². The van der Waals surface area contributed by atoms with E-state index < -0.39 is 27.1 Å². The molecule has 1 aliphatic rings. The van der Waals surface area contributed by atoms with Gasteiger partial charge in [0.1, 0.15) is 5.82 Å². The molecule has 1 aromatic heterocycles. The highest BCUT2D eigenvalue weighted by molar-refractivity contribution is 7.91. The van der Waals surface area contributed by atoms with Crippen LogP contribution in [0.1, 0.15) is 36.7 Å². The summed E-state index contributed by atoms with van der Waals surface area (Å²) in [7, 11) is -3.69. The molecule has 13 heteroatoms. The Hall–Kier alpha value is -2.18. The number of hydrogen-bond acceptors (Lipinski definition) is 6. The molecule has 200 valence electrons. The van der Waals surface area contributed by atoms with Gasteiger partial charge in [0.15, 0.2) is 9.84 Å². The number of nitrogens with two attached hydrogens (primary N) is 1. The van der Waals surface area contributed by atoms with Crippen molar-refractivity contribution in [2.24, 2.45) is 5.73 Å². The number of benzene rings is 2. The number of halogens is 5. The van der Waals surface area contributed by atoms with Crippen molar-refractivity contribution in [2.45, 2.75) is 50.0 Å². The first kappa shape index (κ1) is 27.8. The first-order valence-corrected chi connectivity index (χ1v) is 14.0. The maximum absolute atomic E-state index is 13.7. The topological polar surface area (TPSA) is 98.3 Å². The van der Waals surface area contributed by atoms with Gasteiger partial charge in [-0.1, -0.05) is 30.1 Å². The van der Waals surface area contributed by atoms with E-state index in [9.17, 15) is 26.4 Å². The van der Waals surface area contributed by atoms with Gasteiger partial charge in [0.2, 0.25) is 0 Å². The van der Waals surface area contributed by atoms with Crippen molar-refractivity contribution in [3.05, 3.63) is 67.7 Å². The Morgan fingerprint density at radius 3 is 2.54 bits per heavy atom. The minimum absolute atomic E-state index is 0.0144. The van der Waals surface area contributed by atoms with Gasteiger partial charge < -0.3 is 5.73 Å². The van der Waals surface area contributed by atoms with Gasteiger partial charge in [-0.25, -0.2) is 13.4 Å². The lowest BCUT2D eigenvalue weighted by molar-refractivity contribution is -0.137. The second-order valence-corrected chi connectivity index (χ2v) is 12.2. The average molecular weight is 577 g/mol. The van der Waals surface area contributed by atoms with E-state index in [0.29, 0.717) is 13.1 Å². The summed E-state index contributed by atoms with van der Waals surface area (Å²) in [5, 5.41) is -0.374. The zero-order chi connectivity index (χ0) is 27.1. The highest BCUT2D eigenvalue weighted by Gasteiger charge is 2.32. The first-order chi connectivity index (χ1) is 17.3. The molecule has 0 amide bonds. The Morgan fingerprint density at radius 1 is 1.16 bits per heavy atom. The Kier molecular flexibility index (Phi) is 7.92. The molecule has 2 N–H and O–H groups in total. The predicted octanol–water partition coefficient (Wildman–Crippen LogP) is 4.49. The first-order valence-electron chi connectivity index (χ1n) is 11.6. The molecule has 0 bridgehead atoms. The zero-order valence-corrected chi connectivity index (χ0v) is 22.2. The molecule has 0 spiro atoms. The van der Waals surface area contributed by atoms with Crippen LogP contribution >= 0.6 is 23.2 Å². The molecule has 0 saturated carbocycles. The highest BCUT2D eigenvalue weighted by atomic mass is 35.5. The third kappa shape index (κ3) is 5.96. The van der Waals surface area contributed by atoms with Crippen LogP contribution in [-0.2, 0) is 29.1 Å². The molecule has 1 fully saturated rings. The fourth-order valence-corrected chi connectivity index (χ4v) is 6.08. The van der Waals surface area contributed by atoms with E-state index in [2.05, 4.69) is 4.98 Å². The molecular weight excluding hydrogens is 552 g/mol. The van der Waals surface area contributed by atoms with Gasteiger partial charge in [-0.05, 0) is 55.3 Å². The minimum atomic E-state index is -4.73. The molecule has 0 aliphatic carbocycles. The summed E-state index contributed by atoms with van der Waals surface area (Å²) < 4.78 is 67.1.